The van der Waals surface area contributed by atoms with E-state index in [0.717, 1.165) is 10.9 Å². The molecule has 1 aromatic carbocycles. The van der Waals surface area contributed by atoms with E-state index in [2.05, 4.69) is 15.3 Å². The predicted octanol–water partition coefficient (Wildman–Crippen LogP) is 2.20. The van der Waals surface area contributed by atoms with Crippen LogP contribution in [0.3, 0.4) is 0 Å². The van der Waals surface area contributed by atoms with E-state index in [0.29, 0.717) is 21.4 Å². The second-order valence-corrected chi connectivity index (χ2v) is 6.38. The molecule has 3 aromatic rings. The molecule has 6 nitrogen and oxygen atoms in total. The molecule has 0 aliphatic carbocycles. The second-order valence-electron chi connectivity index (χ2n) is 5.00. The third-order valence-corrected chi connectivity index (χ3v) is 4.52. The molecular weight excluding hydrogens is 336 g/mol. The SMILES string of the molecule is NC[C@H](NC(=O)c1cc2ccc(Cl)cc2[nH]1)c1csc(CO)n1. The summed E-state index contributed by atoms with van der Waals surface area (Å²) >= 11 is 7.28. The fourth-order valence-electron chi connectivity index (χ4n) is 2.27. The molecule has 1 amide bonds. The van der Waals surface area contributed by atoms with Crippen LogP contribution in [0.5, 0.6) is 0 Å². The summed E-state index contributed by atoms with van der Waals surface area (Å²) in [5, 5.41) is 15.8. The van der Waals surface area contributed by atoms with Gasteiger partial charge in [0.25, 0.3) is 5.91 Å². The number of thiazole rings is 1. The number of fused-ring (bicyclic) bond motifs is 1. The summed E-state index contributed by atoms with van der Waals surface area (Å²) in [6.07, 6.45) is 0. The van der Waals surface area contributed by atoms with Gasteiger partial charge >= 0.3 is 0 Å². The minimum absolute atomic E-state index is 0.126. The molecule has 3 rings (SSSR count). The molecule has 0 saturated heterocycles. The lowest BCUT2D eigenvalue weighted by molar-refractivity contribution is 0.0933. The molecule has 5 N–H and O–H groups in total. The van der Waals surface area contributed by atoms with Crippen molar-refractivity contribution in [3.8, 4) is 0 Å². The van der Waals surface area contributed by atoms with Crippen molar-refractivity contribution in [2.75, 3.05) is 6.54 Å². The lowest BCUT2D eigenvalue weighted by Gasteiger charge is -2.14. The van der Waals surface area contributed by atoms with Gasteiger partial charge in [0.05, 0.1) is 18.3 Å². The highest BCUT2D eigenvalue weighted by molar-refractivity contribution is 7.09. The Kier molecular flexibility index (Phi) is 4.63. The van der Waals surface area contributed by atoms with Gasteiger partial charge in [-0.25, -0.2) is 4.98 Å². The molecular formula is C15H15ClN4O2S. The second kappa shape index (κ2) is 6.67. The molecule has 0 bridgehead atoms. The van der Waals surface area contributed by atoms with Gasteiger partial charge in [0.15, 0.2) is 0 Å². The number of benzene rings is 1. The Balaban J connectivity index is 1.80. The first-order valence-electron chi connectivity index (χ1n) is 6.95. The van der Waals surface area contributed by atoms with Crippen molar-refractivity contribution in [3.05, 3.63) is 51.1 Å². The molecule has 2 aromatic heterocycles. The van der Waals surface area contributed by atoms with Crippen LogP contribution in [0, 0.1) is 0 Å². The average molecular weight is 351 g/mol. The van der Waals surface area contributed by atoms with Crippen molar-refractivity contribution in [3.63, 3.8) is 0 Å². The van der Waals surface area contributed by atoms with Crippen molar-refractivity contribution in [2.45, 2.75) is 12.6 Å². The Hall–Kier alpha value is -1.93. The van der Waals surface area contributed by atoms with Crippen LogP contribution in [0.15, 0.2) is 29.6 Å². The number of aromatic nitrogens is 2. The van der Waals surface area contributed by atoms with Gasteiger partial charge in [0.2, 0.25) is 0 Å². The summed E-state index contributed by atoms with van der Waals surface area (Å²) in [4.78, 5) is 19.7. The van der Waals surface area contributed by atoms with E-state index < -0.39 is 6.04 Å². The lowest BCUT2D eigenvalue weighted by atomic mass is 10.2. The number of aromatic amines is 1. The topological polar surface area (TPSA) is 104 Å². The van der Waals surface area contributed by atoms with Crippen LogP contribution in [0.2, 0.25) is 5.02 Å². The number of hydrogen-bond donors (Lipinski definition) is 4. The van der Waals surface area contributed by atoms with Crippen molar-refractivity contribution in [2.24, 2.45) is 5.73 Å². The average Bonchev–Trinajstić information content (AvgIpc) is 3.18. The van der Waals surface area contributed by atoms with Crippen molar-refractivity contribution >= 4 is 39.7 Å². The molecule has 8 heteroatoms. The van der Waals surface area contributed by atoms with Gasteiger partial charge in [-0.1, -0.05) is 17.7 Å². The first kappa shape index (κ1) is 15.9. The van der Waals surface area contributed by atoms with Crippen LogP contribution in [0.4, 0.5) is 0 Å². The smallest absolute Gasteiger partial charge is 0.268 e. The number of nitrogens with zero attached hydrogens (tertiary/aromatic N) is 1. The fraction of sp³-hybridized carbons (Fsp3) is 0.200. The van der Waals surface area contributed by atoms with Crippen molar-refractivity contribution in [1.29, 1.82) is 0 Å². The van der Waals surface area contributed by atoms with Gasteiger partial charge in [0.1, 0.15) is 10.7 Å². The zero-order valence-corrected chi connectivity index (χ0v) is 13.6. The molecule has 2 heterocycles. The van der Waals surface area contributed by atoms with Gasteiger partial charge in [-0.3, -0.25) is 4.79 Å². The van der Waals surface area contributed by atoms with E-state index in [1.165, 1.54) is 11.3 Å². The highest BCUT2D eigenvalue weighted by Gasteiger charge is 2.18. The monoisotopic (exact) mass is 350 g/mol. The van der Waals surface area contributed by atoms with Crippen molar-refractivity contribution < 1.29 is 9.90 Å². The van der Waals surface area contributed by atoms with Crippen LogP contribution in [0.1, 0.15) is 27.2 Å². The van der Waals surface area contributed by atoms with Crippen LogP contribution in [-0.2, 0) is 6.61 Å². The summed E-state index contributed by atoms with van der Waals surface area (Å²) < 4.78 is 0. The van der Waals surface area contributed by atoms with Gasteiger partial charge in [-0.15, -0.1) is 11.3 Å². The highest BCUT2D eigenvalue weighted by atomic mass is 35.5. The number of aliphatic hydroxyl groups excluding tert-OH is 1. The molecule has 120 valence electrons. The number of carbonyl (C=O) groups excluding carboxylic acids is 1. The largest absolute Gasteiger partial charge is 0.389 e. The van der Waals surface area contributed by atoms with Gasteiger partial charge in [-0.05, 0) is 18.2 Å². The fourth-order valence-corrected chi connectivity index (χ4v) is 3.15. The van der Waals surface area contributed by atoms with E-state index in [9.17, 15) is 4.79 Å². The first-order chi connectivity index (χ1) is 11.1. The Bertz CT molecular complexity index is 845. The number of carbonyl (C=O) groups is 1. The summed E-state index contributed by atoms with van der Waals surface area (Å²) in [6.45, 7) is 0.0884. The molecule has 0 saturated carbocycles. The maximum absolute atomic E-state index is 12.4. The Labute approximate surface area is 141 Å². The maximum atomic E-state index is 12.4. The molecule has 0 fully saturated rings. The Morgan fingerprint density at radius 1 is 1.48 bits per heavy atom. The van der Waals surface area contributed by atoms with Crippen LogP contribution in [-0.4, -0.2) is 27.5 Å². The number of aliphatic hydroxyl groups is 1. The number of nitrogens with two attached hydrogens (primary N) is 1. The summed E-state index contributed by atoms with van der Waals surface area (Å²) in [5.41, 5.74) is 7.61. The molecule has 1 atom stereocenters. The van der Waals surface area contributed by atoms with Gasteiger partial charge in [-0.2, -0.15) is 0 Å². The Morgan fingerprint density at radius 2 is 2.30 bits per heavy atom. The minimum atomic E-state index is -0.408. The number of hydrogen-bond acceptors (Lipinski definition) is 5. The third kappa shape index (κ3) is 3.37. The highest BCUT2D eigenvalue weighted by Crippen LogP contribution is 2.21. The number of halogens is 1. The summed E-state index contributed by atoms with van der Waals surface area (Å²) in [7, 11) is 0. The standard InChI is InChI=1S/C15H15ClN4O2S/c16-9-2-1-8-3-11(18-10(8)4-9)15(22)20-12(5-17)13-7-23-14(6-21)19-13/h1-4,7,12,18,21H,5-6,17H2,(H,20,22)/t12-/m0/s1. The summed E-state index contributed by atoms with van der Waals surface area (Å²) in [6, 6.07) is 6.73. The number of nitrogens with one attached hydrogen (secondary N) is 2. The van der Waals surface area contributed by atoms with E-state index in [-0.39, 0.29) is 19.1 Å². The van der Waals surface area contributed by atoms with E-state index in [1.807, 2.05) is 6.07 Å². The van der Waals surface area contributed by atoms with E-state index in [4.69, 9.17) is 22.4 Å². The lowest BCUT2D eigenvalue weighted by Crippen LogP contribution is -2.33. The van der Waals surface area contributed by atoms with Crippen LogP contribution in [0.25, 0.3) is 10.9 Å². The van der Waals surface area contributed by atoms with E-state index in [1.54, 1.807) is 23.6 Å². The molecule has 0 aliphatic rings. The van der Waals surface area contributed by atoms with Gasteiger partial charge < -0.3 is 21.1 Å². The predicted molar refractivity (Wildman–Crippen MR) is 90.6 cm³/mol. The Morgan fingerprint density at radius 3 is 3.00 bits per heavy atom. The zero-order chi connectivity index (χ0) is 16.4. The first-order valence-corrected chi connectivity index (χ1v) is 8.21. The molecule has 0 aliphatic heterocycles. The molecule has 23 heavy (non-hydrogen) atoms. The molecule has 0 unspecified atom stereocenters. The van der Waals surface area contributed by atoms with E-state index >= 15 is 0 Å². The number of amides is 1. The zero-order valence-electron chi connectivity index (χ0n) is 12.0. The van der Waals surface area contributed by atoms with Crippen LogP contribution >= 0.6 is 22.9 Å². The number of H-pyrrole nitrogens is 1. The maximum Gasteiger partial charge on any atom is 0.268 e. The molecule has 0 radical (unpaired) electrons. The normalized spacial score (nSPS) is 12.5. The quantitative estimate of drug-likeness (QED) is 0.566. The van der Waals surface area contributed by atoms with Gasteiger partial charge in [0, 0.05) is 27.9 Å². The minimum Gasteiger partial charge on any atom is -0.389 e. The third-order valence-electron chi connectivity index (χ3n) is 3.43. The van der Waals surface area contributed by atoms with Crippen molar-refractivity contribution in [1.82, 2.24) is 15.3 Å². The van der Waals surface area contributed by atoms with Crippen LogP contribution < -0.4 is 11.1 Å². The summed E-state index contributed by atoms with van der Waals surface area (Å²) in [5.74, 6) is -0.272. The number of rotatable bonds is 5. The molecule has 0 spiro atoms.